The Hall–Kier alpha value is -1.38. The van der Waals surface area contributed by atoms with E-state index < -0.39 is 16.3 Å². The van der Waals surface area contributed by atoms with Crippen molar-refractivity contribution in [2.45, 2.75) is 24.3 Å². The Bertz CT molecular complexity index is 492. The van der Waals surface area contributed by atoms with E-state index in [4.69, 9.17) is 11.0 Å². The molecular formula is C12H13BrN2O2. The molecule has 0 spiro atoms. The predicted octanol–water partition coefficient (Wildman–Crippen LogP) is 1.54. The molecule has 0 saturated heterocycles. The Balaban J connectivity index is 3.15. The Morgan fingerprint density at radius 3 is 2.65 bits per heavy atom. The maximum atomic E-state index is 11.1. The summed E-state index contributed by atoms with van der Waals surface area (Å²) in [6.07, 6.45) is 0. The van der Waals surface area contributed by atoms with Crippen LogP contribution >= 0.6 is 15.9 Å². The third kappa shape index (κ3) is 2.65. The van der Waals surface area contributed by atoms with Gasteiger partial charge in [0.1, 0.15) is 0 Å². The smallest absolute Gasteiger partial charge is 0.250 e. The number of alkyl halides is 1. The molecule has 2 atom stereocenters. The van der Waals surface area contributed by atoms with E-state index in [9.17, 15) is 9.90 Å². The van der Waals surface area contributed by atoms with Crippen molar-refractivity contribution >= 4 is 21.8 Å². The molecule has 0 aliphatic heterocycles. The van der Waals surface area contributed by atoms with Gasteiger partial charge in [0.05, 0.1) is 16.5 Å². The molecule has 1 aromatic rings. The maximum absolute atomic E-state index is 11.1. The first kappa shape index (κ1) is 13.7. The Labute approximate surface area is 108 Å². The van der Waals surface area contributed by atoms with E-state index in [0.717, 1.165) is 5.56 Å². The molecule has 5 heteroatoms. The molecule has 3 N–H and O–H groups in total. The topological polar surface area (TPSA) is 87.1 Å². The number of primary amides is 1. The minimum absolute atomic E-state index is 0.562. The number of rotatable bonds is 3. The number of nitrogens with zero attached hydrogens (tertiary/aromatic N) is 1. The zero-order valence-corrected chi connectivity index (χ0v) is 11.2. The van der Waals surface area contributed by atoms with Gasteiger partial charge in [-0.3, -0.25) is 4.79 Å². The van der Waals surface area contributed by atoms with Gasteiger partial charge in [0.2, 0.25) is 0 Å². The fourth-order valence-corrected chi connectivity index (χ4v) is 1.93. The van der Waals surface area contributed by atoms with Crippen molar-refractivity contribution in [3.05, 3.63) is 34.9 Å². The fourth-order valence-electron chi connectivity index (χ4n) is 1.42. The first-order valence-electron chi connectivity index (χ1n) is 4.97. The van der Waals surface area contributed by atoms with Crippen LogP contribution in [0.25, 0.3) is 0 Å². The summed E-state index contributed by atoms with van der Waals surface area (Å²) >= 11 is 3.25. The fraction of sp³-hybridized carbons (Fsp3) is 0.333. The van der Waals surface area contributed by atoms with E-state index >= 15 is 0 Å². The van der Waals surface area contributed by atoms with E-state index in [1.165, 1.54) is 6.92 Å². The molecule has 0 aliphatic carbocycles. The molecule has 1 rings (SSSR count). The number of carbonyl (C=O) groups excluding carboxylic acids is 1. The van der Waals surface area contributed by atoms with Crippen LogP contribution in [-0.2, 0) is 4.79 Å². The SMILES string of the molecule is Cc1cc(C(Br)[C@](C)(O)C(N)=O)ccc1C#N. The highest BCUT2D eigenvalue weighted by Gasteiger charge is 2.37. The molecule has 0 bridgehead atoms. The van der Waals surface area contributed by atoms with Gasteiger partial charge in [0, 0.05) is 0 Å². The first-order valence-corrected chi connectivity index (χ1v) is 5.89. The van der Waals surface area contributed by atoms with Crippen LogP contribution in [0.3, 0.4) is 0 Å². The third-order valence-electron chi connectivity index (χ3n) is 2.66. The number of hydrogen-bond acceptors (Lipinski definition) is 3. The van der Waals surface area contributed by atoms with Crippen LogP contribution in [-0.4, -0.2) is 16.6 Å². The molecule has 1 unspecified atom stereocenters. The van der Waals surface area contributed by atoms with Gasteiger partial charge in [-0.15, -0.1) is 0 Å². The van der Waals surface area contributed by atoms with Crippen LogP contribution < -0.4 is 5.73 Å². The van der Waals surface area contributed by atoms with Gasteiger partial charge in [-0.25, -0.2) is 0 Å². The molecule has 17 heavy (non-hydrogen) atoms. The molecule has 1 amide bonds. The lowest BCUT2D eigenvalue weighted by molar-refractivity contribution is -0.134. The van der Waals surface area contributed by atoms with Gasteiger partial charge in [-0.2, -0.15) is 5.26 Å². The molecule has 0 aromatic heterocycles. The predicted molar refractivity (Wildman–Crippen MR) is 67.4 cm³/mol. The molecule has 1 aromatic carbocycles. The number of aryl methyl sites for hydroxylation is 1. The zero-order chi connectivity index (χ0) is 13.2. The number of aliphatic hydroxyl groups is 1. The quantitative estimate of drug-likeness (QED) is 0.830. The number of hydrogen-bond donors (Lipinski definition) is 2. The van der Waals surface area contributed by atoms with E-state index in [-0.39, 0.29) is 0 Å². The third-order valence-corrected chi connectivity index (χ3v) is 4.08. The van der Waals surface area contributed by atoms with Gasteiger partial charge >= 0.3 is 0 Å². The van der Waals surface area contributed by atoms with Crippen molar-refractivity contribution in [3.63, 3.8) is 0 Å². The molecule has 0 fully saturated rings. The van der Waals surface area contributed by atoms with Crippen molar-refractivity contribution in [1.82, 2.24) is 0 Å². The Morgan fingerprint density at radius 2 is 2.24 bits per heavy atom. The lowest BCUT2D eigenvalue weighted by atomic mass is 9.93. The number of amides is 1. The molecule has 0 aliphatic rings. The number of halogens is 1. The van der Waals surface area contributed by atoms with E-state index in [0.29, 0.717) is 11.1 Å². The molecule has 0 radical (unpaired) electrons. The van der Waals surface area contributed by atoms with Crippen molar-refractivity contribution in [3.8, 4) is 6.07 Å². The van der Waals surface area contributed by atoms with Gasteiger partial charge in [0.15, 0.2) is 5.60 Å². The van der Waals surface area contributed by atoms with E-state index in [2.05, 4.69) is 22.0 Å². The number of benzene rings is 1. The second kappa shape index (κ2) is 4.86. The van der Waals surface area contributed by atoms with Crippen molar-refractivity contribution < 1.29 is 9.90 Å². The number of nitrogens with two attached hydrogens (primary N) is 1. The van der Waals surface area contributed by atoms with Crippen LogP contribution in [0.1, 0.15) is 28.4 Å². The molecule has 4 nitrogen and oxygen atoms in total. The van der Waals surface area contributed by atoms with E-state index in [1.807, 2.05) is 0 Å². The second-order valence-corrected chi connectivity index (χ2v) is 4.98. The summed E-state index contributed by atoms with van der Waals surface area (Å²) in [6, 6.07) is 7.13. The minimum Gasteiger partial charge on any atom is -0.379 e. The molecular weight excluding hydrogens is 284 g/mol. The summed E-state index contributed by atoms with van der Waals surface area (Å²) in [5.74, 6) is -0.804. The van der Waals surface area contributed by atoms with Gasteiger partial charge in [-0.1, -0.05) is 28.1 Å². The van der Waals surface area contributed by atoms with Crippen molar-refractivity contribution in [2.75, 3.05) is 0 Å². The average Bonchev–Trinajstić information content (AvgIpc) is 2.27. The number of nitriles is 1. The summed E-state index contributed by atoms with van der Waals surface area (Å²) < 4.78 is 0. The summed E-state index contributed by atoms with van der Waals surface area (Å²) in [7, 11) is 0. The zero-order valence-electron chi connectivity index (χ0n) is 9.57. The lowest BCUT2D eigenvalue weighted by Gasteiger charge is -2.26. The highest BCUT2D eigenvalue weighted by atomic mass is 79.9. The normalized spacial score (nSPS) is 15.7. The summed E-state index contributed by atoms with van der Waals surface area (Å²) in [6.45, 7) is 3.14. The standard InChI is InChI=1S/C12H13BrN2O2/c1-7-5-8(3-4-9(7)6-14)10(13)12(2,17)11(15)16/h3-5,10,17H,1-2H3,(H2,15,16)/t10?,12-/m0/s1. The molecule has 0 saturated carbocycles. The molecule has 0 heterocycles. The molecule has 90 valence electrons. The number of carbonyl (C=O) groups is 1. The van der Waals surface area contributed by atoms with Gasteiger partial charge in [-0.05, 0) is 31.0 Å². The van der Waals surface area contributed by atoms with Gasteiger partial charge < -0.3 is 10.8 Å². The van der Waals surface area contributed by atoms with Gasteiger partial charge in [0.25, 0.3) is 5.91 Å². The van der Waals surface area contributed by atoms with Crippen molar-refractivity contribution in [1.29, 1.82) is 5.26 Å². The highest BCUT2D eigenvalue weighted by Crippen LogP contribution is 2.34. The minimum atomic E-state index is -1.68. The van der Waals surface area contributed by atoms with Crippen LogP contribution in [0.15, 0.2) is 18.2 Å². The highest BCUT2D eigenvalue weighted by molar-refractivity contribution is 9.09. The first-order chi connectivity index (χ1) is 7.80. The maximum Gasteiger partial charge on any atom is 0.250 e. The summed E-state index contributed by atoms with van der Waals surface area (Å²) in [5.41, 5.74) is 5.50. The lowest BCUT2D eigenvalue weighted by Crippen LogP contribution is -2.44. The van der Waals surface area contributed by atoms with Crippen molar-refractivity contribution in [2.24, 2.45) is 5.73 Å². The van der Waals surface area contributed by atoms with Crippen LogP contribution in [0.4, 0.5) is 0 Å². The summed E-state index contributed by atoms with van der Waals surface area (Å²) in [4.78, 5) is 10.5. The average molecular weight is 297 g/mol. The van der Waals surface area contributed by atoms with Crippen LogP contribution in [0.2, 0.25) is 0 Å². The summed E-state index contributed by atoms with van der Waals surface area (Å²) in [5, 5.41) is 18.8. The monoisotopic (exact) mass is 296 g/mol. The largest absolute Gasteiger partial charge is 0.379 e. The van der Waals surface area contributed by atoms with E-state index in [1.54, 1.807) is 25.1 Å². The Morgan fingerprint density at radius 1 is 1.65 bits per heavy atom. The Kier molecular flexibility index (Phi) is 3.91. The second-order valence-electron chi connectivity index (χ2n) is 4.06. The van der Waals surface area contributed by atoms with Crippen LogP contribution in [0, 0.1) is 18.3 Å². The van der Waals surface area contributed by atoms with Crippen LogP contribution in [0.5, 0.6) is 0 Å².